The first-order chi connectivity index (χ1) is 17.9. The van der Waals surface area contributed by atoms with Gasteiger partial charge in [-0.2, -0.15) is 0 Å². The van der Waals surface area contributed by atoms with E-state index < -0.39 is 21.5 Å². The molecular weight excluding hydrogens is 504 g/mol. The molecule has 9 nitrogen and oxygen atoms in total. The molecule has 3 aromatic rings. The van der Waals surface area contributed by atoms with Crippen LogP contribution in [0.1, 0.15) is 37.6 Å². The van der Waals surface area contributed by atoms with Crippen molar-refractivity contribution in [2.75, 3.05) is 22.1 Å². The summed E-state index contributed by atoms with van der Waals surface area (Å²) in [6.07, 6.45) is 0.133. The van der Waals surface area contributed by atoms with Crippen LogP contribution in [0.2, 0.25) is 0 Å². The lowest BCUT2D eigenvalue weighted by atomic mass is 10.1. The van der Waals surface area contributed by atoms with E-state index in [0.717, 1.165) is 5.69 Å². The molecule has 3 aromatic carbocycles. The number of nitrogens with one attached hydrogen (secondary N) is 3. The van der Waals surface area contributed by atoms with Crippen molar-refractivity contribution in [1.29, 1.82) is 0 Å². The summed E-state index contributed by atoms with van der Waals surface area (Å²) in [5.74, 6) is -1.22. The number of amides is 3. The smallest absolute Gasteiger partial charge is 0.255 e. The predicted octanol–water partition coefficient (Wildman–Crippen LogP) is 4.01. The van der Waals surface area contributed by atoms with Crippen molar-refractivity contribution in [3.8, 4) is 0 Å². The fourth-order valence-corrected chi connectivity index (χ4v) is 5.49. The van der Waals surface area contributed by atoms with E-state index in [-0.39, 0.29) is 29.0 Å². The van der Waals surface area contributed by atoms with Crippen LogP contribution in [-0.2, 0) is 19.6 Å². The van der Waals surface area contributed by atoms with Crippen LogP contribution in [0, 0.1) is 5.92 Å². The molecule has 1 fully saturated rings. The van der Waals surface area contributed by atoms with E-state index in [9.17, 15) is 22.8 Å². The molecule has 0 spiro atoms. The number of nitrogens with zero attached hydrogens (tertiary/aromatic N) is 1. The molecule has 1 atom stereocenters. The highest BCUT2D eigenvalue weighted by atomic mass is 32.2. The molecule has 1 aliphatic rings. The third kappa shape index (κ3) is 6.64. The summed E-state index contributed by atoms with van der Waals surface area (Å²) < 4.78 is 27.5. The molecule has 10 heteroatoms. The van der Waals surface area contributed by atoms with Crippen molar-refractivity contribution >= 4 is 44.8 Å². The van der Waals surface area contributed by atoms with Crippen LogP contribution in [0.25, 0.3) is 0 Å². The maximum absolute atomic E-state index is 12.8. The van der Waals surface area contributed by atoms with Crippen LogP contribution in [-0.4, -0.2) is 38.2 Å². The zero-order valence-electron chi connectivity index (χ0n) is 21.4. The summed E-state index contributed by atoms with van der Waals surface area (Å²) in [5.41, 5.74) is 1.46. The zero-order chi connectivity index (χ0) is 27.5. The van der Waals surface area contributed by atoms with Crippen LogP contribution in [0.4, 0.5) is 17.1 Å². The molecule has 1 saturated heterocycles. The molecule has 0 bridgehead atoms. The second-order valence-electron chi connectivity index (χ2n) is 10.1. The number of rotatable bonds is 7. The molecule has 38 heavy (non-hydrogen) atoms. The van der Waals surface area contributed by atoms with Gasteiger partial charge in [0.2, 0.25) is 21.8 Å². The second-order valence-corrected chi connectivity index (χ2v) is 11.8. The molecule has 1 unspecified atom stereocenters. The topological polar surface area (TPSA) is 125 Å². The zero-order valence-corrected chi connectivity index (χ0v) is 22.2. The van der Waals surface area contributed by atoms with Gasteiger partial charge < -0.3 is 15.5 Å². The molecular formula is C28H30N4O5S. The summed E-state index contributed by atoms with van der Waals surface area (Å²) in [5, 5.41) is 5.55. The number of hydrogen-bond donors (Lipinski definition) is 3. The molecule has 1 heterocycles. The highest BCUT2D eigenvalue weighted by Gasteiger charge is 2.35. The van der Waals surface area contributed by atoms with Gasteiger partial charge >= 0.3 is 0 Å². The number of benzene rings is 3. The molecule has 3 amide bonds. The highest BCUT2D eigenvalue weighted by molar-refractivity contribution is 7.89. The Balaban J connectivity index is 1.33. The number of sulfonamides is 1. The fourth-order valence-electron chi connectivity index (χ4n) is 4.07. The average molecular weight is 535 g/mol. The van der Waals surface area contributed by atoms with Gasteiger partial charge in [0.05, 0.1) is 10.8 Å². The molecule has 0 aliphatic carbocycles. The van der Waals surface area contributed by atoms with Crippen molar-refractivity contribution in [2.45, 2.75) is 37.6 Å². The summed E-state index contributed by atoms with van der Waals surface area (Å²) in [6.45, 7) is 5.57. The van der Waals surface area contributed by atoms with Gasteiger partial charge in [-0.3, -0.25) is 14.4 Å². The molecule has 0 saturated carbocycles. The van der Waals surface area contributed by atoms with E-state index in [4.69, 9.17) is 0 Å². The Bertz CT molecular complexity index is 1430. The summed E-state index contributed by atoms with van der Waals surface area (Å²) >= 11 is 0. The van der Waals surface area contributed by atoms with Gasteiger partial charge in [-0.25, -0.2) is 13.1 Å². The van der Waals surface area contributed by atoms with E-state index in [1.807, 2.05) is 30.3 Å². The average Bonchev–Trinajstić information content (AvgIpc) is 3.25. The molecule has 3 N–H and O–H groups in total. The Morgan fingerprint density at radius 2 is 1.42 bits per heavy atom. The first-order valence-electron chi connectivity index (χ1n) is 12.1. The van der Waals surface area contributed by atoms with Crippen LogP contribution in [0.5, 0.6) is 0 Å². The molecule has 1 aliphatic heterocycles. The van der Waals surface area contributed by atoms with Gasteiger partial charge in [-0.15, -0.1) is 0 Å². The lowest BCUT2D eigenvalue weighted by molar-refractivity contribution is -0.122. The Kier molecular flexibility index (Phi) is 7.66. The third-order valence-electron chi connectivity index (χ3n) is 5.84. The maximum Gasteiger partial charge on any atom is 0.255 e. The Hall–Kier alpha value is -4.02. The van der Waals surface area contributed by atoms with E-state index in [1.54, 1.807) is 49.9 Å². The lowest BCUT2D eigenvalue weighted by Crippen LogP contribution is -2.40. The van der Waals surface area contributed by atoms with Crippen LogP contribution in [0.3, 0.4) is 0 Å². The van der Waals surface area contributed by atoms with Gasteiger partial charge in [0.1, 0.15) is 0 Å². The summed E-state index contributed by atoms with van der Waals surface area (Å²) in [7, 11) is -3.68. The molecule has 198 valence electrons. The summed E-state index contributed by atoms with van der Waals surface area (Å²) in [4.78, 5) is 39.5. The van der Waals surface area contributed by atoms with E-state index >= 15 is 0 Å². The van der Waals surface area contributed by atoms with Crippen molar-refractivity contribution in [3.05, 3.63) is 84.4 Å². The molecule has 4 rings (SSSR count). The van der Waals surface area contributed by atoms with Gasteiger partial charge in [0.15, 0.2) is 0 Å². The quantitative estimate of drug-likeness (QED) is 0.423. The van der Waals surface area contributed by atoms with E-state index in [1.165, 1.54) is 24.3 Å². The Morgan fingerprint density at radius 3 is 2.03 bits per heavy atom. The first kappa shape index (κ1) is 27.0. The monoisotopic (exact) mass is 534 g/mol. The number of carbonyl (C=O) groups is 3. The minimum Gasteiger partial charge on any atom is -0.326 e. The SMILES string of the molecule is CC(C)(C)NS(=O)(=O)c1ccc(NC(=O)c2ccc(NC(=O)C3CC(=O)N(c4ccccc4)C3)cc2)cc1. The minimum atomic E-state index is -3.68. The van der Waals surface area contributed by atoms with Gasteiger partial charge in [-0.05, 0) is 81.4 Å². The first-order valence-corrected chi connectivity index (χ1v) is 13.6. The number of carbonyl (C=O) groups excluding carboxylic acids is 3. The van der Waals surface area contributed by atoms with Crippen molar-refractivity contribution in [2.24, 2.45) is 5.92 Å². The predicted molar refractivity (Wildman–Crippen MR) is 146 cm³/mol. The van der Waals surface area contributed by atoms with E-state index in [0.29, 0.717) is 23.5 Å². The second kappa shape index (κ2) is 10.8. The largest absolute Gasteiger partial charge is 0.326 e. The van der Waals surface area contributed by atoms with Gasteiger partial charge in [0.25, 0.3) is 5.91 Å². The van der Waals surface area contributed by atoms with Crippen molar-refractivity contribution < 1.29 is 22.8 Å². The van der Waals surface area contributed by atoms with Crippen molar-refractivity contribution in [1.82, 2.24) is 4.72 Å². The number of para-hydroxylation sites is 1. The van der Waals surface area contributed by atoms with Gasteiger partial charge in [0, 0.05) is 41.1 Å². The standard InChI is InChI=1S/C28H30N4O5S/c1-28(2,3)31-38(36,37)24-15-13-22(14-16-24)29-26(34)19-9-11-21(12-10-19)30-27(35)20-17-25(33)32(18-20)23-7-5-4-6-8-23/h4-16,20,31H,17-18H2,1-3H3,(H,29,34)(H,30,35). The normalized spacial score (nSPS) is 15.8. The molecule has 0 aromatic heterocycles. The van der Waals surface area contributed by atoms with Crippen LogP contribution >= 0.6 is 0 Å². The summed E-state index contributed by atoms with van der Waals surface area (Å²) in [6, 6.07) is 21.5. The maximum atomic E-state index is 12.8. The Labute approximate surface area is 222 Å². The lowest BCUT2D eigenvalue weighted by Gasteiger charge is -2.20. The Morgan fingerprint density at radius 1 is 0.842 bits per heavy atom. The molecule has 0 radical (unpaired) electrons. The van der Waals surface area contributed by atoms with Gasteiger partial charge in [-0.1, -0.05) is 18.2 Å². The number of hydrogen-bond acceptors (Lipinski definition) is 5. The van der Waals surface area contributed by atoms with Crippen LogP contribution in [0.15, 0.2) is 83.8 Å². The van der Waals surface area contributed by atoms with Crippen LogP contribution < -0.4 is 20.3 Å². The minimum absolute atomic E-state index is 0.0977. The fraction of sp³-hybridized carbons (Fsp3) is 0.250. The van der Waals surface area contributed by atoms with Crippen molar-refractivity contribution in [3.63, 3.8) is 0 Å². The van der Waals surface area contributed by atoms with E-state index in [2.05, 4.69) is 15.4 Å². The third-order valence-corrected chi connectivity index (χ3v) is 7.62. The number of anilines is 3. The highest BCUT2D eigenvalue weighted by Crippen LogP contribution is 2.26.